The Morgan fingerprint density at radius 2 is 1.73 bits per heavy atom. The van der Waals surface area contributed by atoms with E-state index < -0.39 is 0 Å². The minimum Gasteiger partial charge on any atom is -0.200 e. The molecule has 3 aromatic rings. The van der Waals surface area contributed by atoms with Gasteiger partial charge in [-0.1, -0.05) is 23.8 Å². The largest absolute Gasteiger partial charge is 0.213 e. The van der Waals surface area contributed by atoms with Crippen molar-refractivity contribution in [2.24, 2.45) is 12.5 Å². The molecule has 0 saturated heterocycles. The predicted octanol–water partition coefficient (Wildman–Crippen LogP) is 5.35. The average Bonchev–Trinajstić information content (AvgIpc) is 2.57. The van der Waals surface area contributed by atoms with Crippen LogP contribution in [0.1, 0.15) is 36.1 Å². The number of aryl methyl sites for hydroxylation is 3. The Balaban J connectivity index is 2.16. The van der Waals surface area contributed by atoms with Gasteiger partial charge in [-0.15, -0.1) is 0 Å². The van der Waals surface area contributed by atoms with Gasteiger partial charge in [-0.3, -0.25) is 0 Å². The van der Waals surface area contributed by atoms with Gasteiger partial charge in [-0.05, 0) is 75.2 Å². The fourth-order valence-electron chi connectivity index (χ4n) is 3.63. The van der Waals surface area contributed by atoms with Crippen LogP contribution in [0.25, 0.3) is 22.0 Å². The van der Waals surface area contributed by atoms with Gasteiger partial charge in [0.15, 0.2) is 6.20 Å². The van der Waals surface area contributed by atoms with Gasteiger partial charge < -0.3 is 0 Å². The third-order valence-corrected chi connectivity index (χ3v) is 5.19. The number of benzene rings is 2. The topological polar surface area (TPSA) is 27.7 Å². The summed E-state index contributed by atoms with van der Waals surface area (Å²) >= 11 is 0. The van der Waals surface area contributed by atoms with Crippen LogP contribution in [0.5, 0.6) is 0 Å². The Labute approximate surface area is 156 Å². The molecule has 0 amide bonds. The van der Waals surface area contributed by atoms with Gasteiger partial charge in [0.05, 0.1) is 11.5 Å². The zero-order valence-corrected chi connectivity index (χ0v) is 16.6. The van der Waals surface area contributed by atoms with E-state index in [1.165, 1.54) is 44.3 Å². The summed E-state index contributed by atoms with van der Waals surface area (Å²) in [6.45, 7) is 10.5. The molecule has 0 aliphatic heterocycles. The Morgan fingerprint density at radius 1 is 1.00 bits per heavy atom. The summed E-state index contributed by atoms with van der Waals surface area (Å²) < 4.78 is 2.21. The zero-order chi connectivity index (χ0) is 19.1. The summed E-state index contributed by atoms with van der Waals surface area (Å²) in [6, 6.07) is 15.7. The SMILES string of the molecule is Cc1cc(C)c(C)c(-c2cc3cc(CC(C)(C)C#N)ccc3c[n+]2C)c1. The Bertz CT molecular complexity index is 1040. The van der Waals surface area contributed by atoms with Crippen LogP contribution in [-0.2, 0) is 13.5 Å². The highest BCUT2D eigenvalue weighted by Gasteiger charge is 2.19. The first kappa shape index (κ1) is 18.1. The number of fused-ring (bicyclic) bond motifs is 1. The summed E-state index contributed by atoms with van der Waals surface area (Å²) in [5, 5.41) is 11.8. The Hall–Kier alpha value is -2.66. The fourth-order valence-corrected chi connectivity index (χ4v) is 3.63. The summed E-state index contributed by atoms with van der Waals surface area (Å²) in [4.78, 5) is 0. The maximum atomic E-state index is 9.33. The monoisotopic (exact) mass is 343 g/mol. The van der Waals surface area contributed by atoms with Crippen molar-refractivity contribution in [2.45, 2.75) is 41.0 Å². The van der Waals surface area contributed by atoms with Crippen molar-refractivity contribution in [1.29, 1.82) is 5.26 Å². The minimum atomic E-state index is -0.347. The van der Waals surface area contributed by atoms with Crippen molar-refractivity contribution in [1.82, 2.24) is 0 Å². The van der Waals surface area contributed by atoms with Gasteiger partial charge in [-0.2, -0.15) is 5.26 Å². The van der Waals surface area contributed by atoms with Gasteiger partial charge >= 0.3 is 0 Å². The molecule has 0 fully saturated rings. The van der Waals surface area contributed by atoms with Crippen molar-refractivity contribution in [2.75, 3.05) is 0 Å². The number of hydrogen-bond donors (Lipinski definition) is 0. The van der Waals surface area contributed by atoms with Gasteiger partial charge in [0.25, 0.3) is 0 Å². The molecule has 0 aliphatic rings. The molecule has 1 aromatic heterocycles. The molecule has 2 heteroatoms. The number of rotatable bonds is 3. The molecule has 2 nitrogen and oxygen atoms in total. The molecule has 0 saturated carbocycles. The maximum absolute atomic E-state index is 9.33. The lowest BCUT2D eigenvalue weighted by molar-refractivity contribution is -0.659. The average molecular weight is 343 g/mol. The number of hydrogen-bond acceptors (Lipinski definition) is 1. The molecule has 2 aromatic carbocycles. The summed E-state index contributed by atoms with van der Waals surface area (Å²) in [6.07, 6.45) is 2.96. The highest BCUT2D eigenvalue weighted by atomic mass is 14.9. The smallest absolute Gasteiger partial charge is 0.200 e. The van der Waals surface area contributed by atoms with E-state index >= 15 is 0 Å². The fraction of sp³-hybridized carbons (Fsp3) is 0.333. The van der Waals surface area contributed by atoms with E-state index in [1.54, 1.807) is 0 Å². The van der Waals surface area contributed by atoms with E-state index in [1.807, 2.05) is 13.8 Å². The molecule has 0 N–H and O–H groups in total. The Morgan fingerprint density at radius 3 is 2.42 bits per heavy atom. The number of aromatic nitrogens is 1. The van der Waals surface area contributed by atoms with Crippen LogP contribution in [0, 0.1) is 37.5 Å². The molecule has 0 atom stereocenters. The predicted molar refractivity (Wildman–Crippen MR) is 108 cm³/mol. The molecular formula is C24H27N2+. The van der Waals surface area contributed by atoms with Crippen LogP contribution < -0.4 is 4.57 Å². The van der Waals surface area contributed by atoms with Gasteiger partial charge in [-0.25, -0.2) is 4.57 Å². The second kappa shape index (κ2) is 6.57. The molecule has 0 spiro atoms. The van der Waals surface area contributed by atoms with E-state index in [-0.39, 0.29) is 5.41 Å². The van der Waals surface area contributed by atoms with Crippen LogP contribution in [0.2, 0.25) is 0 Å². The summed E-state index contributed by atoms with van der Waals surface area (Å²) in [5.41, 5.74) is 7.30. The molecule has 0 bridgehead atoms. The van der Waals surface area contributed by atoms with Crippen LogP contribution >= 0.6 is 0 Å². The molecule has 0 radical (unpaired) electrons. The number of nitrogens with zero attached hydrogens (tertiary/aromatic N) is 2. The zero-order valence-electron chi connectivity index (χ0n) is 16.6. The normalized spacial score (nSPS) is 11.6. The minimum absolute atomic E-state index is 0.347. The molecule has 0 aliphatic carbocycles. The quantitative estimate of drug-likeness (QED) is 0.589. The van der Waals surface area contributed by atoms with E-state index in [0.717, 1.165) is 6.42 Å². The lowest BCUT2D eigenvalue weighted by Crippen LogP contribution is -2.30. The highest BCUT2D eigenvalue weighted by Crippen LogP contribution is 2.28. The third kappa shape index (κ3) is 3.48. The molecular weight excluding hydrogens is 316 g/mol. The van der Waals surface area contributed by atoms with Crippen molar-refractivity contribution >= 4 is 10.8 Å². The third-order valence-electron chi connectivity index (χ3n) is 5.19. The van der Waals surface area contributed by atoms with E-state index in [0.29, 0.717) is 0 Å². The number of nitriles is 1. The lowest BCUT2D eigenvalue weighted by atomic mass is 9.87. The van der Waals surface area contributed by atoms with Crippen LogP contribution in [0.15, 0.2) is 42.6 Å². The van der Waals surface area contributed by atoms with Crippen LogP contribution in [0.4, 0.5) is 0 Å². The van der Waals surface area contributed by atoms with Crippen LogP contribution in [0.3, 0.4) is 0 Å². The molecule has 1 heterocycles. The van der Waals surface area contributed by atoms with Gasteiger partial charge in [0, 0.05) is 17.0 Å². The summed E-state index contributed by atoms with van der Waals surface area (Å²) in [5.74, 6) is 0. The van der Waals surface area contributed by atoms with E-state index in [4.69, 9.17) is 0 Å². The summed E-state index contributed by atoms with van der Waals surface area (Å²) in [7, 11) is 2.11. The van der Waals surface area contributed by atoms with Crippen molar-refractivity contribution < 1.29 is 4.57 Å². The standard InChI is InChI=1S/C24H27N2/c1-16-9-17(2)18(3)22(10-16)23-12-21-11-19(13-24(4,5)15-25)7-8-20(21)14-26(23)6/h7-12,14H,13H2,1-6H3/q+1. The maximum Gasteiger partial charge on any atom is 0.213 e. The van der Waals surface area contributed by atoms with Crippen LogP contribution in [-0.4, -0.2) is 0 Å². The lowest BCUT2D eigenvalue weighted by Gasteiger charge is -2.15. The first-order valence-corrected chi connectivity index (χ1v) is 9.12. The first-order valence-electron chi connectivity index (χ1n) is 9.12. The molecule has 3 rings (SSSR count). The van der Waals surface area contributed by atoms with E-state index in [9.17, 15) is 5.26 Å². The van der Waals surface area contributed by atoms with Gasteiger partial charge in [0.2, 0.25) is 5.69 Å². The first-order chi connectivity index (χ1) is 12.2. The highest BCUT2D eigenvalue weighted by molar-refractivity contribution is 5.85. The number of pyridine rings is 1. The second-order valence-electron chi connectivity index (χ2n) is 8.16. The second-order valence-corrected chi connectivity index (χ2v) is 8.16. The van der Waals surface area contributed by atoms with E-state index in [2.05, 4.69) is 81.1 Å². The van der Waals surface area contributed by atoms with Crippen molar-refractivity contribution in [3.8, 4) is 17.3 Å². The molecule has 0 unspecified atom stereocenters. The Kier molecular flexibility index (Phi) is 4.59. The molecule has 132 valence electrons. The van der Waals surface area contributed by atoms with Crippen molar-refractivity contribution in [3.05, 3.63) is 64.8 Å². The van der Waals surface area contributed by atoms with Crippen molar-refractivity contribution in [3.63, 3.8) is 0 Å². The molecule has 26 heavy (non-hydrogen) atoms. The van der Waals surface area contributed by atoms with Gasteiger partial charge in [0.1, 0.15) is 7.05 Å².